The zero-order valence-corrected chi connectivity index (χ0v) is 27.3. The minimum atomic E-state index is -5.05. The van der Waals surface area contributed by atoms with Crippen LogP contribution in [-0.2, 0) is 25.1 Å². The van der Waals surface area contributed by atoms with Crippen molar-refractivity contribution >= 4 is 78.0 Å². The minimum Gasteiger partial charge on any atom is -0.397 e. The van der Waals surface area contributed by atoms with E-state index in [4.69, 9.17) is 22.2 Å². The Bertz CT molecular complexity index is 2250. The van der Waals surface area contributed by atoms with Gasteiger partial charge < -0.3 is 16.4 Å². The number of nitrogen functional groups attached to an aromatic ring is 1. The summed E-state index contributed by atoms with van der Waals surface area (Å²) in [6.07, 6.45) is 0. The maximum atomic E-state index is 13.8. The van der Waals surface area contributed by atoms with Gasteiger partial charge in [-0.2, -0.15) is 31.8 Å². The molecule has 0 saturated heterocycles. The van der Waals surface area contributed by atoms with Gasteiger partial charge in [0.25, 0.3) is 26.2 Å². The molecule has 19 heteroatoms. The average molecular weight is 704 g/mol. The number of aromatic nitrogens is 3. The quantitative estimate of drug-likeness (QED) is 0.0716. The maximum absolute atomic E-state index is 13.8. The van der Waals surface area contributed by atoms with Gasteiger partial charge in [-0.1, -0.05) is 24.3 Å². The minimum absolute atomic E-state index is 0.00793. The van der Waals surface area contributed by atoms with Crippen LogP contribution in [0.25, 0.3) is 0 Å². The molecule has 0 aliphatic heterocycles. The Morgan fingerprint density at radius 2 is 1.38 bits per heavy atom. The molecule has 1 aliphatic carbocycles. The van der Waals surface area contributed by atoms with Crippen LogP contribution in [0.4, 0.5) is 34.6 Å². The highest BCUT2D eigenvalue weighted by molar-refractivity contribution is 7.86. The van der Waals surface area contributed by atoms with Crippen LogP contribution in [0, 0.1) is 20.8 Å². The number of hydrogen-bond donors (Lipinski definition) is 6. The Labute approximate surface area is 273 Å². The van der Waals surface area contributed by atoms with Gasteiger partial charge in [0.2, 0.25) is 11.2 Å². The third-order valence-electron chi connectivity index (χ3n) is 7.33. The molecule has 1 aliphatic rings. The van der Waals surface area contributed by atoms with Gasteiger partial charge in [0.1, 0.15) is 9.79 Å². The van der Waals surface area contributed by atoms with Crippen molar-refractivity contribution in [1.29, 1.82) is 0 Å². The second-order valence-corrected chi connectivity index (χ2v) is 13.3. The Balaban J connectivity index is 1.77. The highest BCUT2D eigenvalue weighted by Crippen LogP contribution is 2.44. The number of benzene rings is 3. The number of nitrogens with zero attached hydrogens (tertiary/aromatic N) is 3. The van der Waals surface area contributed by atoms with E-state index < -0.39 is 52.8 Å². The monoisotopic (exact) mass is 703 g/mol. The van der Waals surface area contributed by atoms with Gasteiger partial charge in [-0.3, -0.25) is 23.5 Å². The molecule has 4 aromatic rings. The Hall–Kier alpha value is -4.72. The summed E-state index contributed by atoms with van der Waals surface area (Å²) in [4.78, 5) is 43.1. The summed E-state index contributed by atoms with van der Waals surface area (Å²) in [7, 11) is -9.97. The van der Waals surface area contributed by atoms with Crippen molar-refractivity contribution in [3.63, 3.8) is 0 Å². The van der Waals surface area contributed by atoms with Crippen LogP contribution < -0.4 is 21.8 Å². The summed E-state index contributed by atoms with van der Waals surface area (Å²) in [6, 6.07) is 6.68. The van der Waals surface area contributed by atoms with E-state index >= 15 is 0 Å². The number of carbonyl (C=O) groups is 2. The number of rotatable bonds is 9. The molecule has 0 unspecified atom stereocenters. The van der Waals surface area contributed by atoms with Gasteiger partial charge in [0.15, 0.2) is 11.6 Å². The first-order valence-corrected chi connectivity index (χ1v) is 16.8. The van der Waals surface area contributed by atoms with Gasteiger partial charge in [0.05, 0.1) is 34.8 Å². The smallest absolute Gasteiger partial charge is 0.296 e. The zero-order valence-electron chi connectivity index (χ0n) is 25.0. The summed E-state index contributed by atoms with van der Waals surface area (Å²) in [5.74, 6) is -1.72. The van der Waals surface area contributed by atoms with Crippen molar-refractivity contribution in [1.82, 2.24) is 15.0 Å². The van der Waals surface area contributed by atoms with E-state index in [1.165, 1.54) is 45.0 Å². The Morgan fingerprint density at radius 3 is 1.94 bits per heavy atom. The molecule has 0 spiro atoms. The fourth-order valence-corrected chi connectivity index (χ4v) is 7.18. The number of fused-ring (bicyclic) bond motifs is 2. The second-order valence-electron chi connectivity index (χ2n) is 10.2. The number of ketones is 2. The molecule has 1 heterocycles. The standard InChI is InChI=1S/C28H26ClN7O9S2/c1-5-45-36-28-34-26(29)33-27(35-28)32-22-11(2)21(12(3)25(13(22)4)47(42,43)44)31-16-10-17(46(39,40)41)20(30)19-18(16)23(37)14-8-6-7-9-15(14)24(19)38/h6-10,31H,5,30H2,1-4H3,(H,39,40,41)(H,42,43,44)(H2,32,33,34,35,36). The van der Waals surface area contributed by atoms with Crippen LogP contribution in [0.2, 0.25) is 5.28 Å². The SMILES string of the molecule is CCONc1nc(Cl)nc(Nc2c(C)c(Nc3cc(S(=O)(=O)O)c(N)c4c3C(=O)c3ccccc3C4=O)c(C)c(S(=O)(=O)O)c2C)n1. The van der Waals surface area contributed by atoms with Crippen molar-refractivity contribution < 1.29 is 40.4 Å². The lowest BCUT2D eigenvalue weighted by Gasteiger charge is -2.26. The largest absolute Gasteiger partial charge is 0.397 e. The Kier molecular flexibility index (Phi) is 8.69. The van der Waals surface area contributed by atoms with Crippen LogP contribution in [-0.4, -0.2) is 59.1 Å². The number of carbonyl (C=O) groups excluding carboxylic acids is 2. The number of hydrogen-bond acceptors (Lipinski definition) is 14. The lowest BCUT2D eigenvalue weighted by molar-refractivity contribution is 0.0980. The van der Waals surface area contributed by atoms with Crippen LogP contribution in [0.15, 0.2) is 40.1 Å². The van der Waals surface area contributed by atoms with Gasteiger partial charge in [-0.05, 0) is 62.1 Å². The third-order valence-corrected chi connectivity index (χ3v) is 9.52. The predicted molar refractivity (Wildman–Crippen MR) is 171 cm³/mol. The summed E-state index contributed by atoms with van der Waals surface area (Å²) in [6.45, 7) is 6.25. The molecule has 0 saturated carbocycles. The molecule has 5 rings (SSSR count). The molecule has 16 nitrogen and oxygen atoms in total. The van der Waals surface area contributed by atoms with E-state index in [0.717, 1.165) is 6.07 Å². The van der Waals surface area contributed by atoms with E-state index in [1.807, 2.05) is 0 Å². The molecule has 0 bridgehead atoms. The molecule has 0 fully saturated rings. The van der Waals surface area contributed by atoms with Crippen molar-refractivity contribution in [2.75, 3.05) is 28.5 Å². The van der Waals surface area contributed by atoms with Crippen LogP contribution in [0.5, 0.6) is 0 Å². The number of halogens is 1. The molecule has 3 aromatic carbocycles. The van der Waals surface area contributed by atoms with E-state index in [2.05, 4.69) is 31.1 Å². The fraction of sp³-hybridized carbons (Fsp3) is 0.179. The highest BCUT2D eigenvalue weighted by atomic mass is 35.5. The van der Waals surface area contributed by atoms with Crippen molar-refractivity contribution in [3.05, 3.63) is 74.6 Å². The van der Waals surface area contributed by atoms with Crippen molar-refractivity contribution in [2.24, 2.45) is 0 Å². The molecule has 0 amide bonds. The summed E-state index contributed by atoms with van der Waals surface area (Å²) in [5, 5.41) is 5.49. The van der Waals surface area contributed by atoms with E-state index in [-0.39, 0.29) is 74.2 Å². The molecule has 0 radical (unpaired) electrons. The number of nitrogens with one attached hydrogen (secondary N) is 3. The summed E-state index contributed by atoms with van der Waals surface area (Å²) < 4.78 is 70.5. The lowest BCUT2D eigenvalue weighted by atomic mass is 9.82. The van der Waals surface area contributed by atoms with Crippen LogP contribution >= 0.6 is 11.6 Å². The first-order valence-electron chi connectivity index (χ1n) is 13.5. The van der Waals surface area contributed by atoms with Gasteiger partial charge >= 0.3 is 0 Å². The topological polar surface area (TPSA) is 253 Å². The average Bonchev–Trinajstić information content (AvgIpc) is 2.98. The molecule has 1 aromatic heterocycles. The molecule has 246 valence electrons. The van der Waals surface area contributed by atoms with Gasteiger partial charge in [-0.15, -0.1) is 0 Å². The van der Waals surface area contributed by atoms with Crippen molar-refractivity contribution in [2.45, 2.75) is 37.5 Å². The third kappa shape index (κ3) is 6.09. The van der Waals surface area contributed by atoms with E-state index in [1.54, 1.807) is 6.92 Å². The molecular formula is C28H26ClN7O9S2. The predicted octanol–water partition coefficient (Wildman–Crippen LogP) is 4.15. The second kappa shape index (κ2) is 12.1. The van der Waals surface area contributed by atoms with Gasteiger partial charge in [-0.25, -0.2) is 5.48 Å². The molecular weight excluding hydrogens is 678 g/mol. The van der Waals surface area contributed by atoms with Crippen molar-refractivity contribution in [3.8, 4) is 0 Å². The summed E-state index contributed by atoms with van der Waals surface area (Å²) in [5.41, 5.74) is 7.04. The maximum Gasteiger partial charge on any atom is 0.296 e. The molecule has 7 N–H and O–H groups in total. The first kappa shape index (κ1) is 33.6. The van der Waals surface area contributed by atoms with E-state index in [9.17, 15) is 35.5 Å². The lowest BCUT2D eigenvalue weighted by Crippen LogP contribution is -2.25. The first-order chi connectivity index (χ1) is 21.9. The molecule has 0 atom stereocenters. The van der Waals surface area contributed by atoms with Crippen LogP contribution in [0.1, 0.15) is 55.5 Å². The highest BCUT2D eigenvalue weighted by Gasteiger charge is 2.37. The van der Waals surface area contributed by atoms with E-state index in [0.29, 0.717) is 0 Å². The normalized spacial score (nSPS) is 12.8. The molecule has 47 heavy (non-hydrogen) atoms. The number of nitrogens with two attached hydrogens (primary N) is 1. The van der Waals surface area contributed by atoms with Crippen LogP contribution in [0.3, 0.4) is 0 Å². The fourth-order valence-electron chi connectivity index (χ4n) is 5.40. The number of anilines is 6. The Morgan fingerprint density at radius 1 is 0.830 bits per heavy atom. The summed E-state index contributed by atoms with van der Waals surface area (Å²) >= 11 is 6.05. The van der Waals surface area contributed by atoms with Gasteiger partial charge in [0, 0.05) is 16.8 Å². The zero-order chi connectivity index (χ0) is 34.6.